The largest absolute Gasteiger partial charge is 0.0561 e. The standard InChI is InChI=1S/C11H13/c1-8-5-9(2)7-11(6-8)10-3-4-10/h5-7,10H,1,3-4H2,2H3. The molecule has 0 saturated heterocycles. The molecule has 1 aliphatic carbocycles. The zero-order chi connectivity index (χ0) is 7.84. The van der Waals surface area contributed by atoms with Crippen molar-refractivity contribution in [3.8, 4) is 0 Å². The molecular weight excluding hydrogens is 132 g/mol. The van der Waals surface area contributed by atoms with E-state index in [-0.39, 0.29) is 0 Å². The first-order chi connectivity index (χ1) is 5.25. The topological polar surface area (TPSA) is 0 Å². The van der Waals surface area contributed by atoms with Crippen LogP contribution >= 0.6 is 0 Å². The molecule has 0 spiro atoms. The lowest BCUT2D eigenvalue weighted by atomic mass is 10.0. The molecule has 2 rings (SSSR count). The van der Waals surface area contributed by atoms with Crippen LogP contribution in [0.2, 0.25) is 0 Å². The van der Waals surface area contributed by atoms with Gasteiger partial charge in [0.05, 0.1) is 0 Å². The highest BCUT2D eigenvalue weighted by Gasteiger charge is 2.23. The molecule has 0 N–H and O–H groups in total. The maximum atomic E-state index is 3.95. The first-order valence-electron chi connectivity index (χ1n) is 4.19. The summed E-state index contributed by atoms with van der Waals surface area (Å²) in [4.78, 5) is 0. The second-order valence-electron chi connectivity index (χ2n) is 3.53. The molecule has 0 unspecified atom stereocenters. The molecule has 0 nitrogen and oxygen atoms in total. The highest BCUT2D eigenvalue weighted by molar-refractivity contribution is 5.34. The number of aryl methyl sites for hydroxylation is 1. The Morgan fingerprint density at radius 2 is 2.00 bits per heavy atom. The van der Waals surface area contributed by atoms with Crippen molar-refractivity contribution < 1.29 is 0 Å². The Balaban J connectivity index is 2.39. The van der Waals surface area contributed by atoms with Gasteiger partial charge >= 0.3 is 0 Å². The smallest absolute Gasteiger partial charge is 0.0161 e. The van der Waals surface area contributed by atoms with E-state index in [4.69, 9.17) is 0 Å². The van der Waals surface area contributed by atoms with Crippen LogP contribution in [0.5, 0.6) is 0 Å². The monoisotopic (exact) mass is 145 g/mol. The molecule has 1 aromatic carbocycles. The van der Waals surface area contributed by atoms with E-state index >= 15 is 0 Å². The van der Waals surface area contributed by atoms with Crippen LogP contribution < -0.4 is 0 Å². The van der Waals surface area contributed by atoms with Crippen molar-refractivity contribution >= 4 is 0 Å². The molecule has 0 atom stereocenters. The first-order valence-corrected chi connectivity index (χ1v) is 4.19. The van der Waals surface area contributed by atoms with Gasteiger partial charge in [-0.25, -0.2) is 0 Å². The summed E-state index contributed by atoms with van der Waals surface area (Å²) in [7, 11) is 0. The predicted molar refractivity (Wildman–Crippen MR) is 47.6 cm³/mol. The zero-order valence-corrected chi connectivity index (χ0v) is 6.93. The molecule has 1 aromatic rings. The molecule has 1 radical (unpaired) electrons. The minimum Gasteiger partial charge on any atom is -0.0561 e. The van der Waals surface area contributed by atoms with Gasteiger partial charge in [0.1, 0.15) is 0 Å². The molecule has 0 amide bonds. The molecule has 1 fully saturated rings. The van der Waals surface area contributed by atoms with Crippen molar-refractivity contribution in [2.45, 2.75) is 25.7 Å². The second kappa shape index (κ2) is 2.37. The van der Waals surface area contributed by atoms with Gasteiger partial charge in [0.2, 0.25) is 0 Å². The lowest BCUT2D eigenvalue weighted by molar-refractivity contribution is 1.12. The minimum atomic E-state index is 0.857. The molecule has 11 heavy (non-hydrogen) atoms. The van der Waals surface area contributed by atoms with E-state index in [1.807, 2.05) is 0 Å². The van der Waals surface area contributed by atoms with E-state index in [1.165, 1.54) is 24.0 Å². The van der Waals surface area contributed by atoms with Gasteiger partial charge in [-0.05, 0) is 43.7 Å². The lowest BCUT2D eigenvalue weighted by Gasteiger charge is -2.01. The average Bonchev–Trinajstić information content (AvgIpc) is 2.64. The molecule has 1 saturated carbocycles. The van der Waals surface area contributed by atoms with E-state index in [2.05, 4.69) is 32.0 Å². The van der Waals surface area contributed by atoms with Gasteiger partial charge in [0.15, 0.2) is 0 Å². The lowest BCUT2D eigenvalue weighted by Crippen LogP contribution is -1.83. The number of benzene rings is 1. The maximum absolute atomic E-state index is 3.95. The van der Waals surface area contributed by atoms with E-state index in [0.717, 1.165) is 11.5 Å². The zero-order valence-electron chi connectivity index (χ0n) is 6.93. The van der Waals surface area contributed by atoms with Crippen molar-refractivity contribution in [3.63, 3.8) is 0 Å². The number of hydrogen-bond donors (Lipinski definition) is 0. The van der Waals surface area contributed by atoms with Crippen LogP contribution in [0.4, 0.5) is 0 Å². The van der Waals surface area contributed by atoms with Crippen LogP contribution in [0.1, 0.15) is 35.4 Å². The fraction of sp³-hybridized carbons (Fsp3) is 0.364. The van der Waals surface area contributed by atoms with Crippen LogP contribution in [-0.4, -0.2) is 0 Å². The average molecular weight is 145 g/mol. The molecule has 1 aliphatic rings. The molecule has 0 aromatic heterocycles. The molecule has 0 bridgehead atoms. The minimum absolute atomic E-state index is 0.857. The molecule has 0 aliphatic heterocycles. The summed E-state index contributed by atoms with van der Waals surface area (Å²) in [5.74, 6) is 0.857. The van der Waals surface area contributed by atoms with Crippen LogP contribution in [0.15, 0.2) is 18.2 Å². The van der Waals surface area contributed by atoms with Gasteiger partial charge in [-0.1, -0.05) is 23.8 Å². The third kappa shape index (κ3) is 1.45. The first kappa shape index (κ1) is 6.90. The highest BCUT2D eigenvalue weighted by atomic mass is 14.3. The SMILES string of the molecule is [CH2]c1cc(C)cc(C2CC2)c1. The Labute approximate surface area is 68.3 Å². The fourth-order valence-electron chi connectivity index (χ4n) is 1.55. The van der Waals surface area contributed by atoms with Crippen molar-refractivity contribution in [3.05, 3.63) is 41.8 Å². The van der Waals surface area contributed by atoms with E-state index in [1.54, 1.807) is 0 Å². The summed E-state index contributed by atoms with van der Waals surface area (Å²) >= 11 is 0. The Hall–Kier alpha value is -0.780. The number of hydrogen-bond acceptors (Lipinski definition) is 0. The van der Waals surface area contributed by atoms with Crippen LogP contribution in [-0.2, 0) is 0 Å². The summed E-state index contributed by atoms with van der Waals surface area (Å²) in [6.45, 7) is 6.09. The quantitative estimate of drug-likeness (QED) is 0.569. The molecule has 0 heteroatoms. The van der Waals surface area contributed by atoms with Crippen LogP contribution in [0.3, 0.4) is 0 Å². The van der Waals surface area contributed by atoms with Crippen molar-refractivity contribution in [2.75, 3.05) is 0 Å². The third-order valence-corrected chi connectivity index (χ3v) is 2.21. The fourth-order valence-corrected chi connectivity index (χ4v) is 1.55. The van der Waals surface area contributed by atoms with Crippen molar-refractivity contribution in [1.29, 1.82) is 0 Å². The van der Waals surface area contributed by atoms with Gasteiger partial charge in [-0.2, -0.15) is 0 Å². The van der Waals surface area contributed by atoms with Gasteiger partial charge in [-0.15, -0.1) is 0 Å². The summed E-state index contributed by atoms with van der Waals surface area (Å²) in [6, 6.07) is 6.63. The molecule has 0 heterocycles. The van der Waals surface area contributed by atoms with E-state index in [9.17, 15) is 0 Å². The Bertz CT molecular complexity index is 249. The van der Waals surface area contributed by atoms with Gasteiger partial charge in [0, 0.05) is 0 Å². The maximum Gasteiger partial charge on any atom is -0.0161 e. The normalized spacial score (nSPS) is 16.9. The Morgan fingerprint density at radius 1 is 1.27 bits per heavy atom. The van der Waals surface area contributed by atoms with Crippen molar-refractivity contribution in [1.82, 2.24) is 0 Å². The van der Waals surface area contributed by atoms with Crippen LogP contribution in [0.25, 0.3) is 0 Å². The van der Waals surface area contributed by atoms with E-state index in [0.29, 0.717) is 0 Å². The summed E-state index contributed by atoms with van der Waals surface area (Å²) in [5.41, 5.74) is 4.00. The summed E-state index contributed by atoms with van der Waals surface area (Å²) < 4.78 is 0. The summed E-state index contributed by atoms with van der Waals surface area (Å²) in [6.07, 6.45) is 2.76. The Morgan fingerprint density at radius 3 is 2.55 bits per heavy atom. The van der Waals surface area contributed by atoms with Crippen molar-refractivity contribution in [2.24, 2.45) is 0 Å². The molecular formula is C11H13. The van der Waals surface area contributed by atoms with Gasteiger partial charge < -0.3 is 0 Å². The Kier molecular flexibility index (Phi) is 1.49. The highest BCUT2D eigenvalue weighted by Crippen LogP contribution is 2.40. The third-order valence-electron chi connectivity index (χ3n) is 2.21. The van der Waals surface area contributed by atoms with Gasteiger partial charge in [-0.3, -0.25) is 0 Å². The van der Waals surface area contributed by atoms with Crippen LogP contribution in [0, 0.1) is 13.8 Å². The summed E-state index contributed by atoms with van der Waals surface area (Å²) in [5, 5.41) is 0. The molecule has 57 valence electrons. The number of rotatable bonds is 1. The second-order valence-corrected chi connectivity index (χ2v) is 3.53. The van der Waals surface area contributed by atoms with Gasteiger partial charge in [0.25, 0.3) is 0 Å². The van der Waals surface area contributed by atoms with E-state index < -0.39 is 0 Å². The predicted octanol–water partition coefficient (Wildman–Crippen LogP) is 3.05.